The van der Waals surface area contributed by atoms with E-state index in [4.69, 9.17) is 4.74 Å². The Bertz CT molecular complexity index is 537. The number of alkyl carbamates (subject to hydrolysis) is 1. The van der Waals surface area contributed by atoms with Crippen LogP contribution in [0.1, 0.15) is 65.7 Å². The van der Waals surface area contributed by atoms with Gasteiger partial charge >= 0.3 is 6.09 Å². The highest BCUT2D eigenvalue weighted by atomic mass is 32.2. The molecule has 0 radical (unpaired) electrons. The Kier molecular flexibility index (Phi) is 7.10. The quantitative estimate of drug-likeness (QED) is 0.819. The predicted octanol–water partition coefficient (Wildman–Crippen LogP) is 2.49. The molecule has 7 nitrogen and oxygen atoms in total. The van der Waals surface area contributed by atoms with E-state index in [0.717, 1.165) is 44.9 Å². The summed E-state index contributed by atoms with van der Waals surface area (Å²) in [5.74, 6) is 0. The van der Waals surface area contributed by atoms with Gasteiger partial charge in [0, 0.05) is 32.2 Å². The summed E-state index contributed by atoms with van der Waals surface area (Å²) in [5, 5.41) is 2.74. The first-order valence-corrected chi connectivity index (χ1v) is 10.8. The van der Waals surface area contributed by atoms with Gasteiger partial charge in [0.2, 0.25) is 0 Å². The average Bonchev–Trinajstić information content (AvgIpc) is 2.81. The molecule has 0 aromatic carbocycles. The van der Waals surface area contributed by atoms with E-state index >= 15 is 0 Å². The second-order valence-electron chi connectivity index (χ2n) is 7.96. The molecule has 0 bridgehead atoms. The minimum atomic E-state index is -3.47. The summed E-state index contributed by atoms with van der Waals surface area (Å²) in [6.45, 7) is 7.45. The second-order valence-corrected chi connectivity index (χ2v) is 9.85. The van der Waals surface area contributed by atoms with Crippen molar-refractivity contribution in [1.29, 1.82) is 0 Å². The molecular weight excluding hydrogens is 342 g/mol. The SMILES string of the molecule is CC(C)(C)OC(=O)NCC1CCCCN1S(=O)(=O)N1CCCCCC1. The standard InChI is InChI=1S/C17H33N3O4S/c1-17(2,3)24-16(21)18-14-15-10-6-9-13-20(15)25(22,23)19-11-7-4-5-8-12-19/h15H,4-14H2,1-3H3,(H,18,21). The fraction of sp³-hybridized carbons (Fsp3) is 0.941. The third-order valence-electron chi connectivity index (χ3n) is 4.64. The zero-order valence-corrected chi connectivity index (χ0v) is 16.6. The molecule has 1 N–H and O–H groups in total. The largest absolute Gasteiger partial charge is 0.444 e. The minimum Gasteiger partial charge on any atom is -0.444 e. The zero-order valence-electron chi connectivity index (χ0n) is 15.8. The highest BCUT2D eigenvalue weighted by Gasteiger charge is 2.36. The lowest BCUT2D eigenvalue weighted by Crippen LogP contribution is -2.54. The third-order valence-corrected chi connectivity index (χ3v) is 6.73. The second kappa shape index (κ2) is 8.68. The number of hydrogen-bond donors (Lipinski definition) is 1. The lowest BCUT2D eigenvalue weighted by atomic mass is 10.1. The molecule has 1 atom stereocenters. The van der Waals surface area contributed by atoms with Crippen molar-refractivity contribution in [3.8, 4) is 0 Å². The number of nitrogens with one attached hydrogen (secondary N) is 1. The lowest BCUT2D eigenvalue weighted by Gasteiger charge is -2.37. The average molecular weight is 376 g/mol. The molecule has 2 rings (SSSR count). The van der Waals surface area contributed by atoms with E-state index in [9.17, 15) is 13.2 Å². The van der Waals surface area contributed by atoms with Gasteiger partial charge in [-0.3, -0.25) is 0 Å². The monoisotopic (exact) mass is 375 g/mol. The van der Waals surface area contributed by atoms with Crippen LogP contribution in [0.2, 0.25) is 0 Å². The maximum atomic E-state index is 13.1. The molecular formula is C17H33N3O4S. The molecule has 146 valence electrons. The van der Waals surface area contributed by atoms with Crippen molar-refractivity contribution in [1.82, 2.24) is 13.9 Å². The van der Waals surface area contributed by atoms with Gasteiger partial charge in [-0.05, 0) is 46.5 Å². The fourth-order valence-corrected chi connectivity index (χ4v) is 5.35. The van der Waals surface area contributed by atoms with E-state index < -0.39 is 21.9 Å². The number of piperidine rings is 1. The Balaban J connectivity index is 2.00. The first-order valence-electron chi connectivity index (χ1n) is 9.44. The van der Waals surface area contributed by atoms with E-state index in [0.29, 0.717) is 26.2 Å². The molecule has 2 saturated heterocycles. The van der Waals surface area contributed by atoms with Crippen LogP contribution in [-0.2, 0) is 14.9 Å². The van der Waals surface area contributed by atoms with E-state index in [1.807, 2.05) is 20.8 Å². The summed E-state index contributed by atoms with van der Waals surface area (Å²) in [7, 11) is -3.47. The Morgan fingerprint density at radius 1 is 1.04 bits per heavy atom. The van der Waals surface area contributed by atoms with Crippen LogP contribution in [0, 0.1) is 0 Å². The van der Waals surface area contributed by atoms with Gasteiger partial charge in [-0.25, -0.2) is 4.79 Å². The first kappa shape index (κ1) is 20.5. The highest BCUT2D eigenvalue weighted by molar-refractivity contribution is 7.86. The number of rotatable bonds is 4. The number of nitrogens with zero attached hydrogens (tertiary/aromatic N) is 2. The smallest absolute Gasteiger partial charge is 0.407 e. The van der Waals surface area contributed by atoms with Gasteiger partial charge in [-0.1, -0.05) is 19.3 Å². The summed E-state index contributed by atoms with van der Waals surface area (Å²) in [6.07, 6.45) is 6.16. The van der Waals surface area contributed by atoms with Crippen molar-refractivity contribution in [3.63, 3.8) is 0 Å². The summed E-state index contributed by atoms with van der Waals surface area (Å²) < 4.78 is 34.7. The number of carbonyl (C=O) groups excluding carboxylic acids is 1. The minimum absolute atomic E-state index is 0.200. The highest BCUT2D eigenvalue weighted by Crippen LogP contribution is 2.24. The van der Waals surface area contributed by atoms with Crippen LogP contribution in [0.25, 0.3) is 0 Å². The first-order chi connectivity index (χ1) is 11.7. The summed E-state index contributed by atoms with van der Waals surface area (Å²) in [6, 6.07) is -0.200. The molecule has 8 heteroatoms. The molecule has 0 spiro atoms. The molecule has 0 aromatic rings. The Morgan fingerprint density at radius 2 is 1.64 bits per heavy atom. The zero-order chi connectivity index (χ0) is 18.5. The van der Waals surface area contributed by atoms with E-state index in [2.05, 4.69) is 5.32 Å². The van der Waals surface area contributed by atoms with Crippen LogP contribution in [0.15, 0.2) is 0 Å². The van der Waals surface area contributed by atoms with Gasteiger partial charge in [-0.2, -0.15) is 17.0 Å². The Labute approximate surface area is 152 Å². The van der Waals surface area contributed by atoms with E-state index in [-0.39, 0.29) is 6.04 Å². The lowest BCUT2D eigenvalue weighted by molar-refractivity contribution is 0.0511. The molecule has 0 aliphatic carbocycles. The molecule has 2 heterocycles. The van der Waals surface area contributed by atoms with Gasteiger partial charge in [0.15, 0.2) is 0 Å². The van der Waals surface area contributed by atoms with Gasteiger partial charge in [-0.15, -0.1) is 0 Å². The van der Waals surface area contributed by atoms with Crippen molar-refractivity contribution >= 4 is 16.3 Å². The molecule has 0 aromatic heterocycles. The van der Waals surface area contributed by atoms with Crippen molar-refractivity contribution in [3.05, 3.63) is 0 Å². The van der Waals surface area contributed by atoms with Crippen molar-refractivity contribution < 1.29 is 17.9 Å². The molecule has 25 heavy (non-hydrogen) atoms. The van der Waals surface area contributed by atoms with Gasteiger partial charge in [0.1, 0.15) is 5.60 Å². The van der Waals surface area contributed by atoms with Crippen LogP contribution in [0.3, 0.4) is 0 Å². The topological polar surface area (TPSA) is 79.0 Å². The fourth-order valence-electron chi connectivity index (χ4n) is 3.42. The summed E-state index contributed by atoms with van der Waals surface area (Å²) in [4.78, 5) is 11.9. The Morgan fingerprint density at radius 3 is 2.24 bits per heavy atom. The van der Waals surface area contributed by atoms with Crippen molar-refractivity contribution in [2.75, 3.05) is 26.2 Å². The summed E-state index contributed by atoms with van der Waals surface area (Å²) in [5.41, 5.74) is -0.561. The Hall–Kier alpha value is -0.860. The van der Waals surface area contributed by atoms with Gasteiger partial charge in [0.05, 0.1) is 0 Å². The normalized spacial score (nSPS) is 24.5. The van der Waals surface area contributed by atoms with Crippen LogP contribution in [0.5, 0.6) is 0 Å². The number of ether oxygens (including phenoxy) is 1. The number of carbonyl (C=O) groups is 1. The van der Waals surface area contributed by atoms with Crippen LogP contribution in [0.4, 0.5) is 4.79 Å². The van der Waals surface area contributed by atoms with Crippen molar-refractivity contribution in [2.24, 2.45) is 0 Å². The van der Waals surface area contributed by atoms with E-state index in [1.54, 1.807) is 8.61 Å². The molecule has 2 aliphatic rings. The molecule has 1 unspecified atom stereocenters. The number of amides is 1. The van der Waals surface area contributed by atoms with Crippen LogP contribution < -0.4 is 5.32 Å². The molecule has 2 aliphatic heterocycles. The van der Waals surface area contributed by atoms with Crippen molar-refractivity contribution in [2.45, 2.75) is 77.4 Å². The molecule has 1 amide bonds. The van der Waals surface area contributed by atoms with E-state index in [1.165, 1.54) is 0 Å². The maximum absolute atomic E-state index is 13.1. The van der Waals surface area contributed by atoms with Crippen LogP contribution >= 0.6 is 0 Å². The molecule has 2 fully saturated rings. The van der Waals surface area contributed by atoms with Crippen LogP contribution in [-0.4, -0.2) is 60.9 Å². The molecule has 0 saturated carbocycles. The van der Waals surface area contributed by atoms with Gasteiger partial charge in [0.25, 0.3) is 10.2 Å². The maximum Gasteiger partial charge on any atom is 0.407 e. The van der Waals surface area contributed by atoms with Gasteiger partial charge < -0.3 is 10.1 Å². The third kappa shape index (κ3) is 6.11. The summed E-state index contributed by atoms with van der Waals surface area (Å²) >= 11 is 0. The predicted molar refractivity (Wildman–Crippen MR) is 97.5 cm³/mol. The number of hydrogen-bond acceptors (Lipinski definition) is 4.